The summed E-state index contributed by atoms with van der Waals surface area (Å²) < 4.78 is 23.3. The van der Waals surface area contributed by atoms with E-state index >= 15 is 0 Å². The van der Waals surface area contributed by atoms with Crippen LogP contribution in [0.1, 0.15) is 48.3 Å². The Morgan fingerprint density at radius 1 is 1.25 bits per heavy atom. The van der Waals surface area contributed by atoms with Crippen molar-refractivity contribution < 1.29 is 23.5 Å². The SMILES string of the molecule is CCOC(=O)C=Cc1c(N)nc(C(C)C)c(C(=O)OC)c1-c1ccc(F)cc1. The van der Waals surface area contributed by atoms with Crippen LogP contribution in [0.25, 0.3) is 17.2 Å². The van der Waals surface area contributed by atoms with Crippen molar-refractivity contribution in [2.24, 2.45) is 0 Å². The van der Waals surface area contributed by atoms with Gasteiger partial charge in [-0.25, -0.2) is 19.0 Å². The maximum absolute atomic E-state index is 13.4. The molecule has 0 fully saturated rings. The summed E-state index contributed by atoms with van der Waals surface area (Å²) in [7, 11) is 1.27. The van der Waals surface area contributed by atoms with E-state index in [4.69, 9.17) is 15.2 Å². The summed E-state index contributed by atoms with van der Waals surface area (Å²) >= 11 is 0. The summed E-state index contributed by atoms with van der Waals surface area (Å²) in [6.07, 6.45) is 2.65. The van der Waals surface area contributed by atoms with Gasteiger partial charge in [-0.2, -0.15) is 0 Å². The lowest BCUT2D eigenvalue weighted by Crippen LogP contribution is -2.14. The highest BCUT2D eigenvalue weighted by molar-refractivity contribution is 6.03. The number of nitrogens with two attached hydrogens (primary N) is 1. The van der Waals surface area contributed by atoms with Gasteiger partial charge in [-0.3, -0.25) is 0 Å². The zero-order valence-corrected chi connectivity index (χ0v) is 16.3. The normalized spacial score (nSPS) is 11.1. The Morgan fingerprint density at radius 2 is 1.89 bits per heavy atom. The van der Waals surface area contributed by atoms with E-state index in [0.29, 0.717) is 22.4 Å². The molecule has 0 aliphatic heterocycles. The molecule has 0 bridgehead atoms. The number of anilines is 1. The first-order valence-electron chi connectivity index (χ1n) is 8.82. The summed E-state index contributed by atoms with van der Waals surface area (Å²) in [6, 6.07) is 5.62. The molecule has 2 aromatic rings. The first-order chi connectivity index (χ1) is 13.3. The van der Waals surface area contributed by atoms with E-state index in [-0.39, 0.29) is 23.9 Å². The van der Waals surface area contributed by atoms with Gasteiger partial charge in [0, 0.05) is 17.2 Å². The average molecular weight is 386 g/mol. The lowest BCUT2D eigenvalue weighted by molar-refractivity contribution is -0.137. The highest BCUT2D eigenvalue weighted by Gasteiger charge is 2.26. The molecular weight excluding hydrogens is 363 g/mol. The van der Waals surface area contributed by atoms with Crippen molar-refractivity contribution in [2.45, 2.75) is 26.7 Å². The summed E-state index contributed by atoms with van der Waals surface area (Å²) in [5.41, 5.74) is 8.15. The fourth-order valence-corrected chi connectivity index (χ4v) is 2.79. The van der Waals surface area contributed by atoms with E-state index in [0.717, 1.165) is 0 Å². The minimum Gasteiger partial charge on any atom is -0.465 e. The van der Waals surface area contributed by atoms with Crippen molar-refractivity contribution in [3.63, 3.8) is 0 Å². The Labute approximate surface area is 163 Å². The highest BCUT2D eigenvalue weighted by Crippen LogP contribution is 2.36. The standard InChI is InChI=1S/C21H23FN2O4/c1-5-28-16(25)11-10-15-17(13-6-8-14(22)9-7-13)18(21(26)27-4)19(12(2)3)24-20(15)23/h6-12H,5H2,1-4H3,(H2,23,24). The monoisotopic (exact) mass is 386 g/mol. The van der Waals surface area contributed by atoms with Gasteiger partial charge in [-0.15, -0.1) is 0 Å². The smallest absolute Gasteiger partial charge is 0.340 e. The van der Waals surface area contributed by atoms with Crippen molar-refractivity contribution in [3.8, 4) is 11.1 Å². The van der Waals surface area contributed by atoms with Crippen molar-refractivity contribution in [1.29, 1.82) is 0 Å². The van der Waals surface area contributed by atoms with Gasteiger partial charge in [0.1, 0.15) is 11.6 Å². The molecule has 2 N–H and O–H groups in total. The molecule has 148 valence electrons. The molecular formula is C21H23FN2O4. The average Bonchev–Trinajstić information content (AvgIpc) is 2.66. The summed E-state index contributed by atoms with van der Waals surface area (Å²) in [5, 5.41) is 0. The molecule has 2 rings (SSSR count). The number of hydrogen-bond acceptors (Lipinski definition) is 6. The second-order valence-corrected chi connectivity index (χ2v) is 6.28. The van der Waals surface area contributed by atoms with Crippen molar-refractivity contribution in [2.75, 3.05) is 19.5 Å². The van der Waals surface area contributed by atoms with Gasteiger partial charge in [0.25, 0.3) is 0 Å². The van der Waals surface area contributed by atoms with Gasteiger partial charge in [-0.1, -0.05) is 26.0 Å². The quantitative estimate of drug-likeness (QED) is 0.597. The van der Waals surface area contributed by atoms with Crippen LogP contribution in [-0.2, 0) is 14.3 Å². The van der Waals surface area contributed by atoms with E-state index in [2.05, 4.69) is 4.98 Å². The van der Waals surface area contributed by atoms with Gasteiger partial charge >= 0.3 is 11.9 Å². The van der Waals surface area contributed by atoms with Gasteiger partial charge in [-0.05, 0) is 36.6 Å². The molecule has 0 aliphatic carbocycles. The number of ether oxygens (including phenoxy) is 2. The Hall–Kier alpha value is -3.22. The molecule has 28 heavy (non-hydrogen) atoms. The maximum Gasteiger partial charge on any atom is 0.340 e. The van der Waals surface area contributed by atoms with Crippen LogP contribution in [0.3, 0.4) is 0 Å². The van der Waals surface area contributed by atoms with E-state index < -0.39 is 17.8 Å². The molecule has 1 heterocycles. The number of nitrogen functional groups attached to an aromatic ring is 1. The fraction of sp³-hybridized carbons (Fsp3) is 0.286. The Balaban J connectivity index is 2.84. The van der Waals surface area contributed by atoms with Crippen LogP contribution in [0, 0.1) is 5.82 Å². The topological polar surface area (TPSA) is 91.5 Å². The van der Waals surface area contributed by atoms with Crippen molar-refractivity contribution in [3.05, 3.63) is 53.0 Å². The lowest BCUT2D eigenvalue weighted by Gasteiger charge is -2.19. The Bertz CT molecular complexity index is 906. The molecule has 0 atom stereocenters. The third kappa shape index (κ3) is 4.54. The molecule has 0 aliphatic rings. The van der Waals surface area contributed by atoms with E-state index in [9.17, 15) is 14.0 Å². The van der Waals surface area contributed by atoms with Crippen LogP contribution in [0.15, 0.2) is 30.3 Å². The Kier molecular flexibility index (Phi) is 6.87. The van der Waals surface area contributed by atoms with Crippen molar-refractivity contribution in [1.82, 2.24) is 4.98 Å². The molecule has 1 aromatic heterocycles. The summed E-state index contributed by atoms with van der Waals surface area (Å²) in [6.45, 7) is 5.66. The second-order valence-electron chi connectivity index (χ2n) is 6.28. The van der Waals surface area contributed by atoms with Crippen LogP contribution in [0.5, 0.6) is 0 Å². The first-order valence-corrected chi connectivity index (χ1v) is 8.82. The molecule has 1 aromatic carbocycles. The minimum absolute atomic E-state index is 0.126. The van der Waals surface area contributed by atoms with E-state index in [1.165, 1.54) is 43.5 Å². The molecule has 0 radical (unpaired) electrons. The van der Waals surface area contributed by atoms with Gasteiger partial charge in [0.15, 0.2) is 0 Å². The number of aromatic nitrogens is 1. The van der Waals surface area contributed by atoms with Gasteiger partial charge in [0.2, 0.25) is 0 Å². The lowest BCUT2D eigenvalue weighted by atomic mass is 9.90. The molecule has 7 heteroatoms. The molecule has 0 unspecified atom stereocenters. The van der Waals surface area contributed by atoms with Crippen LogP contribution in [-0.4, -0.2) is 30.6 Å². The van der Waals surface area contributed by atoms with E-state index in [1.54, 1.807) is 6.92 Å². The number of benzene rings is 1. The van der Waals surface area contributed by atoms with E-state index in [1.807, 2.05) is 13.8 Å². The zero-order valence-electron chi connectivity index (χ0n) is 16.3. The number of nitrogens with zero attached hydrogens (tertiary/aromatic N) is 1. The molecule has 6 nitrogen and oxygen atoms in total. The third-order valence-electron chi connectivity index (χ3n) is 4.03. The third-order valence-corrected chi connectivity index (χ3v) is 4.03. The fourth-order valence-electron chi connectivity index (χ4n) is 2.79. The number of halogens is 1. The largest absolute Gasteiger partial charge is 0.465 e. The van der Waals surface area contributed by atoms with Crippen LogP contribution >= 0.6 is 0 Å². The number of carbonyl (C=O) groups is 2. The molecule has 0 saturated carbocycles. The first kappa shape index (κ1) is 21.1. The number of esters is 2. The minimum atomic E-state index is -0.596. The number of pyridine rings is 1. The zero-order chi connectivity index (χ0) is 20.8. The molecule has 0 saturated heterocycles. The van der Waals surface area contributed by atoms with Crippen LogP contribution in [0.4, 0.5) is 10.2 Å². The predicted octanol–water partition coefficient (Wildman–Crippen LogP) is 3.96. The highest BCUT2D eigenvalue weighted by atomic mass is 19.1. The van der Waals surface area contributed by atoms with Gasteiger partial charge in [0.05, 0.1) is 25.0 Å². The maximum atomic E-state index is 13.4. The summed E-state index contributed by atoms with van der Waals surface area (Å²) in [5.74, 6) is -1.56. The second kappa shape index (κ2) is 9.12. The van der Waals surface area contributed by atoms with Crippen molar-refractivity contribution >= 4 is 23.8 Å². The van der Waals surface area contributed by atoms with Crippen LogP contribution < -0.4 is 5.73 Å². The number of hydrogen-bond donors (Lipinski definition) is 1. The number of carbonyl (C=O) groups excluding carboxylic acids is 2. The summed E-state index contributed by atoms with van der Waals surface area (Å²) in [4.78, 5) is 28.7. The predicted molar refractivity (Wildman–Crippen MR) is 105 cm³/mol. The molecule has 0 spiro atoms. The van der Waals surface area contributed by atoms with Gasteiger partial charge < -0.3 is 15.2 Å². The molecule has 0 amide bonds. The number of methoxy groups -OCH3 is 1. The Morgan fingerprint density at radius 3 is 2.43 bits per heavy atom. The van der Waals surface area contributed by atoms with Crippen LogP contribution in [0.2, 0.25) is 0 Å². The number of rotatable bonds is 6.